The van der Waals surface area contributed by atoms with Gasteiger partial charge in [0.15, 0.2) is 0 Å². The highest BCUT2D eigenvalue weighted by Crippen LogP contribution is 2.48. The highest BCUT2D eigenvalue weighted by molar-refractivity contribution is 5.32. The van der Waals surface area contributed by atoms with Crippen LogP contribution in [0.3, 0.4) is 0 Å². The second-order valence-corrected chi connectivity index (χ2v) is 4.68. The van der Waals surface area contributed by atoms with Gasteiger partial charge in [0, 0.05) is 0 Å². The van der Waals surface area contributed by atoms with E-state index in [1.165, 1.54) is 0 Å². The fourth-order valence-corrected chi connectivity index (χ4v) is 2.02. The first kappa shape index (κ1) is 12.4. The van der Waals surface area contributed by atoms with Crippen LogP contribution < -0.4 is 5.73 Å². The van der Waals surface area contributed by atoms with E-state index in [0.717, 1.165) is 31.0 Å². The molecule has 2 N–H and O–H groups in total. The summed E-state index contributed by atoms with van der Waals surface area (Å²) in [6, 6.07) is 2.62. The lowest BCUT2D eigenvalue weighted by Gasteiger charge is -2.17. The first-order valence-corrected chi connectivity index (χ1v) is 5.42. The molecule has 17 heavy (non-hydrogen) atoms. The van der Waals surface area contributed by atoms with E-state index in [0.29, 0.717) is 6.54 Å². The molecule has 1 aliphatic rings. The van der Waals surface area contributed by atoms with Crippen molar-refractivity contribution in [1.82, 2.24) is 0 Å². The molecule has 0 heterocycles. The summed E-state index contributed by atoms with van der Waals surface area (Å²) in [5, 5.41) is 0. The van der Waals surface area contributed by atoms with Gasteiger partial charge in [-0.15, -0.1) is 0 Å². The Kier molecular flexibility index (Phi) is 2.89. The van der Waals surface area contributed by atoms with Gasteiger partial charge in [0.05, 0.1) is 5.56 Å². The van der Waals surface area contributed by atoms with Crippen LogP contribution in [0, 0.1) is 11.2 Å². The maximum atomic E-state index is 13.0. The largest absolute Gasteiger partial charge is 0.416 e. The zero-order valence-electron chi connectivity index (χ0n) is 9.15. The Hall–Kier alpha value is -1.10. The third kappa shape index (κ3) is 2.60. The molecule has 0 spiro atoms. The summed E-state index contributed by atoms with van der Waals surface area (Å²) in [4.78, 5) is 0. The van der Waals surface area contributed by atoms with Crippen molar-refractivity contribution in [3.8, 4) is 0 Å². The summed E-state index contributed by atoms with van der Waals surface area (Å²) in [5.41, 5.74) is 4.56. The van der Waals surface area contributed by atoms with Crippen molar-refractivity contribution >= 4 is 0 Å². The highest BCUT2D eigenvalue weighted by Gasteiger charge is 2.43. The van der Waals surface area contributed by atoms with Gasteiger partial charge in [-0.05, 0) is 55.0 Å². The van der Waals surface area contributed by atoms with Crippen LogP contribution in [0.25, 0.3) is 0 Å². The number of halogens is 4. The summed E-state index contributed by atoms with van der Waals surface area (Å²) in [7, 11) is 0. The molecule has 94 valence electrons. The van der Waals surface area contributed by atoms with Crippen molar-refractivity contribution in [2.24, 2.45) is 11.1 Å². The summed E-state index contributed by atoms with van der Waals surface area (Å²) >= 11 is 0. The van der Waals surface area contributed by atoms with Crippen molar-refractivity contribution < 1.29 is 17.6 Å². The molecule has 1 aliphatic carbocycles. The molecule has 0 aromatic heterocycles. The molecule has 0 atom stereocenters. The Labute approximate surface area is 96.6 Å². The zero-order chi connectivity index (χ0) is 12.7. The van der Waals surface area contributed by atoms with E-state index in [4.69, 9.17) is 5.73 Å². The Morgan fingerprint density at radius 2 is 1.88 bits per heavy atom. The number of hydrogen-bond donors (Lipinski definition) is 1. The summed E-state index contributed by atoms with van der Waals surface area (Å²) in [6.45, 7) is 0.348. The van der Waals surface area contributed by atoms with E-state index in [2.05, 4.69) is 0 Å². The molecule has 5 heteroatoms. The second-order valence-electron chi connectivity index (χ2n) is 4.68. The van der Waals surface area contributed by atoms with Crippen LogP contribution >= 0.6 is 0 Å². The fraction of sp³-hybridized carbons (Fsp3) is 0.500. The number of rotatable bonds is 3. The van der Waals surface area contributed by atoms with E-state index in [1.54, 1.807) is 0 Å². The van der Waals surface area contributed by atoms with E-state index in [1.807, 2.05) is 0 Å². The molecular weight excluding hydrogens is 234 g/mol. The second kappa shape index (κ2) is 3.98. The average Bonchev–Trinajstić information content (AvgIpc) is 2.96. The summed E-state index contributed by atoms with van der Waals surface area (Å²) < 4.78 is 51.2. The maximum Gasteiger partial charge on any atom is 0.416 e. The average molecular weight is 247 g/mol. The summed E-state index contributed by atoms with van der Waals surface area (Å²) in [5.74, 6) is -0.638. The minimum absolute atomic E-state index is 0.0143. The normalized spacial score (nSPS) is 18.2. The van der Waals surface area contributed by atoms with Crippen LogP contribution in [0.1, 0.15) is 24.0 Å². The molecule has 1 aromatic rings. The molecule has 1 fully saturated rings. The molecule has 0 aliphatic heterocycles. The molecule has 2 rings (SSSR count). The van der Waals surface area contributed by atoms with Gasteiger partial charge in [0.2, 0.25) is 0 Å². The number of nitrogens with two attached hydrogens (primary N) is 1. The van der Waals surface area contributed by atoms with E-state index in [9.17, 15) is 17.6 Å². The van der Waals surface area contributed by atoms with Gasteiger partial charge in [0.1, 0.15) is 5.82 Å². The summed E-state index contributed by atoms with van der Waals surface area (Å²) in [6.07, 6.45) is -2.60. The monoisotopic (exact) mass is 247 g/mol. The van der Waals surface area contributed by atoms with Gasteiger partial charge < -0.3 is 5.73 Å². The highest BCUT2D eigenvalue weighted by atomic mass is 19.4. The number of hydrogen-bond acceptors (Lipinski definition) is 1. The molecule has 0 unspecified atom stereocenters. The first-order chi connectivity index (χ1) is 7.86. The SMILES string of the molecule is NCC1(Cc2cc(F)ccc2C(F)(F)F)CC1. The van der Waals surface area contributed by atoms with Crippen molar-refractivity contribution in [3.63, 3.8) is 0 Å². The molecule has 0 amide bonds. The van der Waals surface area contributed by atoms with Gasteiger partial charge in [0.25, 0.3) is 0 Å². The lowest BCUT2D eigenvalue weighted by atomic mass is 9.93. The predicted octanol–water partition coefficient (Wildman–Crippen LogP) is 3.13. The van der Waals surface area contributed by atoms with Gasteiger partial charge in [-0.1, -0.05) is 0 Å². The molecule has 0 radical (unpaired) electrons. The topological polar surface area (TPSA) is 26.0 Å². The predicted molar refractivity (Wildman–Crippen MR) is 55.8 cm³/mol. The van der Waals surface area contributed by atoms with Crippen LogP contribution in [0.5, 0.6) is 0 Å². The molecular formula is C12H13F4N. The Morgan fingerprint density at radius 3 is 2.35 bits per heavy atom. The third-order valence-corrected chi connectivity index (χ3v) is 3.33. The van der Waals surface area contributed by atoms with Gasteiger partial charge in [-0.3, -0.25) is 0 Å². The van der Waals surface area contributed by atoms with Crippen LogP contribution in [-0.2, 0) is 12.6 Å². The number of alkyl halides is 3. The third-order valence-electron chi connectivity index (χ3n) is 3.33. The molecule has 0 bridgehead atoms. The molecule has 1 nitrogen and oxygen atoms in total. The minimum atomic E-state index is -4.44. The van der Waals surface area contributed by atoms with Gasteiger partial charge in [-0.2, -0.15) is 13.2 Å². The van der Waals surface area contributed by atoms with Crippen LogP contribution in [0.4, 0.5) is 17.6 Å². The van der Waals surface area contributed by atoms with Gasteiger partial charge in [-0.25, -0.2) is 4.39 Å². The van der Waals surface area contributed by atoms with E-state index < -0.39 is 17.6 Å². The Bertz CT molecular complexity index is 421. The first-order valence-electron chi connectivity index (χ1n) is 5.42. The Morgan fingerprint density at radius 1 is 1.24 bits per heavy atom. The minimum Gasteiger partial charge on any atom is -0.330 e. The molecule has 1 aromatic carbocycles. The molecule has 0 saturated heterocycles. The quantitative estimate of drug-likeness (QED) is 0.816. The van der Waals surface area contributed by atoms with E-state index in [-0.39, 0.29) is 17.4 Å². The lowest BCUT2D eigenvalue weighted by Crippen LogP contribution is -2.20. The van der Waals surface area contributed by atoms with Crippen LogP contribution in [0.15, 0.2) is 18.2 Å². The number of benzene rings is 1. The van der Waals surface area contributed by atoms with E-state index >= 15 is 0 Å². The van der Waals surface area contributed by atoms with Crippen molar-refractivity contribution in [1.29, 1.82) is 0 Å². The molecule has 1 saturated carbocycles. The van der Waals surface area contributed by atoms with Crippen molar-refractivity contribution in [3.05, 3.63) is 35.1 Å². The van der Waals surface area contributed by atoms with Gasteiger partial charge >= 0.3 is 6.18 Å². The zero-order valence-corrected chi connectivity index (χ0v) is 9.15. The lowest BCUT2D eigenvalue weighted by molar-refractivity contribution is -0.138. The van der Waals surface area contributed by atoms with Crippen LogP contribution in [0.2, 0.25) is 0 Å². The van der Waals surface area contributed by atoms with Crippen molar-refractivity contribution in [2.45, 2.75) is 25.4 Å². The van der Waals surface area contributed by atoms with Crippen molar-refractivity contribution in [2.75, 3.05) is 6.54 Å². The van der Waals surface area contributed by atoms with Crippen LogP contribution in [-0.4, -0.2) is 6.54 Å². The Balaban J connectivity index is 2.34. The maximum absolute atomic E-state index is 13.0. The fourth-order valence-electron chi connectivity index (χ4n) is 2.02. The smallest absolute Gasteiger partial charge is 0.330 e. The standard InChI is InChI=1S/C12H13F4N/c13-9-1-2-10(12(14,15)16)8(5-9)6-11(7-17)3-4-11/h1-2,5H,3-4,6-7,17H2.